The van der Waals surface area contributed by atoms with Crippen LogP contribution in [0, 0.1) is 0 Å². The highest BCUT2D eigenvalue weighted by atomic mass is 16.1. The molecule has 1 aliphatic rings. The molecule has 0 saturated carbocycles. The van der Waals surface area contributed by atoms with E-state index in [2.05, 4.69) is 52.5 Å². The van der Waals surface area contributed by atoms with E-state index in [1.54, 1.807) is 0 Å². The van der Waals surface area contributed by atoms with E-state index in [1.807, 2.05) is 30.3 Å². The van der Waals surface area contributed by atoms with Gasteiger partial charge in [-0.3, -0.25) is 9.69 Å². The van der Waals surface area contributed by atoms with Crippen molar-refractivity contribution in [1.29, 1.82) is 0 Å². The van der Waals surface area contributed by atoms with Crippen LogP contribution in [0.5, 0.6) is 0 Å². The van der Waals surface area contributed by atoms with Gasteiger partial charge in [0.1, 0.15) is 0 Å². The van der Waals surface area contributed by atoms with E-state index in [4.69, 9.17) is 0 Å². The molecule has 4 nitrogen and oxygen atoms in total. The number of rotatable bonds is 7. The molecule has 1 fully saturated rings. The zero-order valence-electron chi connectivity index (χ0n) is 15.6. The topological polar surface area (TPSA) is 35.6 Å². The fourth-order valence-electron chi connectivity index (χ4n) is 3.48. The summed E-state index contributed by atoms with van der Waals surface area (Å²) in [4.78, 5) is 17.3. The lowest BCUT2D eigenvalue weighted by molar-refractivity contribution is -0.120. The summed E-state index contributed by atoms with van der Waals surface area (Å²) in [5.41, 5.74) is 2.39. The first kappa shape index (κ1) is 18.6. The minimum atomic E-state index is 0.100. The average Bonchev–Trinajstić information content (AvgIpc) is 2.67. The highest BCUT2D eigenvalue weighted by Crippen LogP contribution is 2.11. The van der Waals surface area contributed by atoms with Gasteiger partial charge in [-0.1, -0.05) is 60.7 Å². The van der Waals surface area contributed by atoms with E-state index in [9.17, 15) is 4.79 Å². The van der Waals surface area contributed by atoms with Gasteiger partial charge in [0.25, 0.3) is 0 Å². The Bertz CT molecular complexity index is 666. The first-order valence-corrected chi connectivity index (χ1v) is 9.48. The monoisotopic (exact) mass is 351 g/mol. The molecular formula is C22H29N3O. The second-order valence-electron chi connectivity index (χ2n) is 7.15. The molecule has 3 rings (SSSR count). The molecule has 0 radical (unpaired) electrons. The molecule has 1 saturated heterocycles. The summed E-state index contributed by atoms with van der Waals surface area (Å²) in [6.07, 6.45) is 1.41. The number of benzene rings is 2. The number of nitrogens with one attached hydrogen (secondary N) is 1. The molecule has 138 valence electrons. The zero-order valence-corrected chi connectivity index (χ0v) is 15.6. The Labute approximate surface area is 156 Å². The summed E-state index contributed by atoms with van der Waals surface area (Å²) in [5.74, 6) is 0.100. The fourth-order valence-corrected chi connectivity index (χ4v) is 3.48. The van der Waals surface area contributed by atoms with Gasteiger partial charge in [-0.15, -0.1) is 0 Å². The van der Waals surface area contributed by atoms with Gasteiger partial charge >= 0.3 is 0 Å². The van der Waals surface area contributed by atoms with E-state index < -0.39 is 0 Å². The molecule has 1 unspecified atom stereocenters. The van der Waals surface area contributed by atoms with E-state index in [1.165, 1.54) is 5.56 Å². The summed E-state index contributed by atoms with van der Waals surface area (Å²) in [5, 5.41) is 3.17. The van der Waals surface area contributed by atoms with Crippen LogP contribution in [0.25, 0.3) is 0 Å². The van der Waals surface area contributed by atoms with Crippen LogP contribution in [-0.2, 0) is 17.6 Å². The summed E-state index contributed by atoms with van der Waals surface area (Å²) >= 11 is 0. The number of carbonyl (C=O) groups is 1. The van der Waals surface area contributed by atoms with Gasteiger partial charge in [0.2, 0.25) is 5.91 Å². The quantitative estimate of drug-likeness (QED) is 0.831. The van der Waals surface area contributed by atoms with Gasteiger partial charge in [-0.2, -0.15) is 0 Å². The summed E-state index contributed by atoms with van der Waals surface area (Å²) in [6, 6.07) is 20.9. The van der Waals surface area contributed by atoms with E-state index in [-0.39, 0.29) is 5.91 Å². The van der Waals surface area contributed by atoms with Crippen LogP contribution in [0.2, 0.25) is 0 Å². The number of likely N-dealkylation sites (N-methyl/N-ethyl adjacent to an activating group) is 1. The lowest BCUT2D eigenvalue weighted by atomic mass is 10.0. The second kappa shape index (κ2) is 9.51. The van der Waals surface area contributed by atoms with Crippen LogP contribution < -0.4 is 5.32 Å². The molecule has 0 aromatic heterocycles. The van der Waals surface area contributed by atoms with Crippen molar-refractivity contribution in [2.75, 3.05) is 39.8 Å². The third-order valence-electron chi connectivity index (χ3n) is 5.11. The van der Waals surface area contributed by atoms with Crippen molar-refractivity contribution in [3.05, 3.63) is 71.8 Å². The maximum atomic E-state index is 12.4. The van der Waals surface area contributed by atoms with Crippen LogP contribution in [0.1, 0.15) is 11.1 Å². The minimum Gasteiger partial charge on any atom is -0.354 e. The molecule has 2 aromatic carbocycles. The minimum absolute atomic E-state index is 0.100. The van der Waals surface area contributed by atoms with Crippen molar-refractivity contribution in [2.45, 2.75) is 18.9 Å². The van der Waals surface area contributed by atoms with Crippen LogP contribution in [-0.4, -0.2) is 61.5 Å². The number of hydrogen-bond donors (Lipinski definition) is 1. The van der Waals surface area contributed by atoms with Gasteiger partial charge in [0, 0.05) is 38.8 Å². The highest BCUT2D eigenvalue weighted by molar-refractivity contribution is 5.78. The molecular weight excluding hydrogens is 322 g/mol. The SMILES string of the molecule is CN1CCN(C(CNC(=O)Cc2ccccc2)Cc2ccccc2)CC1. The van der Waals surface area contributed by atoms with Gasteiger partial charge in [-0.25, -0.2) is 0 Å². The smallest absolute Gasteiger partial charge is 0.224 e. The van der Waals surface area contributed by atoms with Crippen LogP contribution in [0.15, 0.2) is 60.7 Å². The molecule has 1 aliphatic heterocycles. The Morgan fingerprint density at radius 2 is 1.50 bits per heavy atom. The first-order chi connectivity index (χ1) is 12.7. The van der Waals surface area contributed by atoms with Crippen molar-refractivity contribution in [2.24, 2.45) is 0 Å². The van der Waals surface area contributed by atoms with E-state index >= 15 is 0 Å². The molecule has 4 heteroatoms. The Morgan fingerprint density at radius 3 is 2.12 bits per heavy atom. The molecule has 1 N–H and O–H groups in total. The number of amides is 1. The standard InChI is InChI=1S/C22H29N3O/c1-24-12-14-25(15-13-24)21(16-19-8-4-2-5-9-19)18-23-22(26)17-20-10-6-3-7-11-20/h2-11,21H,12-18H2,1H3,(H,23,26). The second-order valence-corrected chi connectivity index (χ2v) is 7.15. The molecule has 2 aromatic rings. The largest absolute Gasteiger partial charge is 0.354 e. The van der Waals surface area contributed by atoms with E-state index in [0.29, 0.717) is 19.0 Å². The van der Waals surface area contributed by atoms with Crippen LogP contribution >= 0.6 is 0 Å². The van der Waals surface area contributed by atoms with Gasteiger partial charge in [0.05, 0.1) is 6.42 Å². The van der Waals surface area contributed by atoms with Crippen LogP contribution in [0.4, 0.5) is 0 Å². The maximum Gasteiger partial charge on any atom is 0.224 e. The highest BCUT2D eigenvalue weighted by Gasteiger charge is 2.23. The summed E-state index contributed by atoms with van der Waals surface area (Å²) < 4.78 is 0. The van der Waals surface area contributed by atoms with Crippen molar-refractivity contribution < 1.29 is 4.79 Å². The normalized spacial score (nSPS) is 17.0. The fraction of sp³-hybridized carbons (Fsp3) is 0.409. The Morgan fingerprint density at radius 1 is 0.923 bits per heavy atom. The third-order valence-corrected chi connectivity index (χ3v) is 5.11. The van der Waals surface area contributed by atoms with Crippen molar-refractivity contribution in [1.82, 2.24) is 15.1 Å². The Balaban J connectivity index is 1.58. The number of hydrogen-bond acceptors (Lipinski definition) is 3. The average molecular weight is 351 g/mol. The number of carbonyl (C=O) groups excluding carboxylic acids is 1. The van der Waals surface area contributed by atoms with Crippen molar-refractivity contribution in [3.8, 4) is 0 Å². The predicted molar refractivity (Wildman–Crippen MR) is 106 cm³/mol. The van der Waals surface area contributed by atoms with Gasteiger partial charge < -0.3 is 10.2 Å². The zero-order chi connectivity index (χ0) is 18.2. The summed E-state index contributed by atoms with van der Waals surface area (Å²) in [7, 11) is 2.17. The lowest BCUT2D eigenvalue weighted by Crippen LogP contribution is -2.53. The van der Waals surface area contributed by atoms with Crippen molar-refractivity contribution >= 4 is 5.91 Å². The molecule has 26 heavy (non-hydrogen) atoms. The van der Waals surface area contributed by atoms with E-state index in [0.717, 1.165) is 38.2 Å². The van der Waals surface area contributed by atoms with Gasteiger partial charge in [0.15, 0.2) is 0 Å². The Hall–Kier alpha value is -2.17. The van der Waals surface area contributed by atoms with Crippen molar-refractivity contribution in [3.63, 3.8) is 0 Å². The summed E-state index contributed by atoms with van der Waals surface area (Å²) in [6.45, 7) is 4.99. The molecule has 0 bridgehead atoms. The first-order valence-electron chi connectivity index (χ1n) is 9.48. The molecule has 1 amide bonds. The van der Waals surface area contributed by atoms with Gasteiger partial charge in [-0.05, 0) is 24.6 Å². The number of nitrogens with zero attached hydrogens (tertiary/aromatic N) is 2. The van der Waals surface area contributed by atoms with Crippen LogP contribution in [0.3, 0.4) is 0 Å². The number of piperazine rings is 1. The molecule has 1 heterocycles. The molecule has 0 aliphatic carbocycles. The Kier molecular flexibility index (Phi) is 6.81. The predicted octanol–water partition coefficient (Wildman–Crippen LogP) is 2.20. The lowest BCUT2D eigenvalue weighted by Gasteiger charge is -2.38. The maximum absolute atomic E-state index is 12.4. The molecule has 1 atom stereocenters. The molecule has 0 spiro atoms. The third kappa shape index (κ3) is 5.68.